The summed E-state index contributed by atoms with van der Waals surface area (Å²) in [6, 6.07) is 0. The van der Waals surface area contributed by atoms with Crippen molar-refractivity contribution in [1.29, 1.82) is 0 Å². The molecule has 0 spiro atoms. The van der Waals surface area contributed by atoms with E-state index in [9.17, 15) is 0 Å². The zero-order valence-corrected chi connectivity index (χ0v) is 14.3. The minimum absolute atomic E-state index is 0. The van der Waals surface area contributed by atoms with E-state index in [-0.39, 0.29) is 48.0 Å². The molecule has 0 aromatic rings. The maximum absolute atomic E-state index is 4.25. The maximum atomic E-state index is 4.25. The van der Waals surface area contributed by atoms with E-state index in [1.165, 1.54) is 0 Å². The Morgan fingerprint density at radius 3 is 1.71 bits per heavy atom. The van der Waals surface area contributed by atoms with Gasteiger partial charge in [-0.1, -0.05) is 0 Å². The second-order valence-electron chi connectivity index (χ2n) is 3.52. The monoisotopic (exact) mass is 466 g/mol. The minimum Gasteiger partial charge on any atom is -0.356 e. The van der Waals surface area contributed by atoms with E-state index < -0.39 is 0 Å². The Labute approximate surface area is 136 Å². The van der Waals surface area contributed by atoms with Crippen LogP contribution in [0, 0.1) is 0 Å². The first-order valence-corrected chi connectivity index (χ1v) is 5.49. The Bertz CT molecular complexity index is 242. The first-order chi connectivity index (χ1) is 7.45. The van der Waals surface area contributed by atoms with Gasteiger partial charge in [-0.15, -0.1) is 48.0 Å². The lowest BCUT2D eigenvalue weighted by atomic mass is 10.4. The van der Waals surface area contributed by atoms with Gasteiger partial charge in [0.25, 0.3) is 0 Å². The highest BCUT2D eigenvalue weighted by atomic mass is 127. The lowest BCUT2D eigenvalue weighted by Crippen LogP contribution is -2.37. The molecule has 0 amide bonds. The molecule has 0 saturated heterocycles. The Kier molecular flexibility index (Phi) is 9.97. The zero-order chi connectivity index (χ0) is 10.3. The molecular formula is C9H20I2N6. The topological polar surface area (TPSA) is 72.8 Å². The molecule has 100 valence electrons. The van der Waals surface area contributed by atoms with Crippen LogP contribution in [0.2, 0.25) is 0 Å². The fraction of sp³-hybridized carbons (Fsp3) is 0.778. The second kappa shape index (κ2) is 9.97. The Morgan fingerprint density at radius 2 is 1.35 bits per heavy atom. The third-order valence-corrected chi connectivity index (χ3v) is 2.29. The molecule has 0 unspecified atom stereocenters. The number of halogens is 2. The van der Waals surface area contributed by atoms with Gasteiger partial charge >= 0.3 is 0 Å². The summed E-state index contributed by atoms with van der Waals surface area (Å²) in [4.78, 5) is 8.50. The van der Waals surface area contributed by atoms with Crippen molar-refractivity contribution in [3.63, 3.8) is 0 Å². The van der Waals surface area contributed by atoms with Crippen LogP contribution in [0.15, 0.2) is 9.98 Å². The molecule has 0 aromatic carbocycles. The van der Waals surface area contributed by atoms with E-state index >= 15 is 0 Å². The number of hydrogen-bond acceptors (Lipinski definition) is 6. The van der Waals surface area contributed by atoms with Crippen molar-refractivity contribution >= 4 is 59.9 Å². The van der Waals surface area contributed by atoms with Crippen molar-refractivity contribution < 1.29 is 0 Å². The quantitative estimate of drug-likeness (QED) is 0.340. The second-order valence-corrected chi connectivity index (χ2v) is 3.52. The maximum Gasteiger partial charge on any atom is 0.191 e. The zero-order valence-electron chi connectivity index (χ0n) is 9.66. The molecule has 17 heavy (non-hydrogen) atoms. The van der Waals surface area contributed by atoms with E-state index in [0.717, 1.165) is 57.6 Å². The lowest BCUT2D eigenvalue weighted by Gasteiger charge is -2.08. The molecule has 0 bridgehead atoms. The summed E-state index contributed by atoms with van der Waals surface area (Å²) in [6.45, 7) is 5.57. The van der Waals surface area contributed by atoms with Gasteiger partial charge in [-0.05, 0) is 6.42 Å². The van der Waals surface area contributed by atoms with Gasteiger partial charge in [0, 0.05) is 26.2 Å². The van der Waals surface area contributed by atoms with Crippen LogP contribution >= 0.6 is 48.0 Å². The highest BCUT2D eigenvalue weighted by molar-refractivity contribution is 14.0. The smallest absolute Gasteiger partial charge is 0.191 e. The summed E-state index contributed by atoms with van der Waals surface area (Å²) in [5.41, 5.74) is 0. The Balaban J connectivity index is 0.00000128. The molecule has 0 atom stereocenters. The normalized spacial score (nSPS) is 16.7. The summed E-state index contributed by atoms with van der Waals surface area (Å²) >= 11 is 0. The van der Waals surface area contributed by atoms with Crippen molar-refractivity contribution in [3.05, 3.63) is 0 Å². The van der Waals surface area contributed by atoms with Crippen LogP contribution in [0.25, 0.3) is 0 Å². The number of rotatable bonds is 4. The molecule has 2 aliphatic rings. The molecule has 2 heterocycles. The first kappa shape index (κ1) is 17.0. The first-order valence-electron chi connectivity index (χ1n) is 5.49. The molecule has 2 rings (SSSR count). The van der Waals surface area contributed by atoms with Gasteiger partial charge in [0.05, 0.1) is 13.1 Å². The van der Waals surface area contributed by atoms with Gasteiger partial charge in [-0.2, -0.15) is 0 Å². The highest BCUT2D eigenvalue weighted by Crippen LogP contribution is 1.84. The summed E-state index contributed by atoms with van der Waals surface area (Å²) in [6.07, 6.45) is 1.06. The lowest BCUT2D eigenvalue weighted by molar-refractivity contribution is 0.726. The average Bonchev–Trinajstić information content (AvgIpc) is 2.88. The standard InChI is InChI=1S/C9H18N6.2HI/c1(2-10-8-12-4-5-13-8)3-11-9-14-6-7-15-9;;/h1-7H2,(H2,10,12,13)(H2,11,14,15);2*1H. The van der Waals surface area contributed by atoms with Gasteiger partial charge < -0.3 is 21.3 Å². The fourth-order valence-corrected chi connectivity index (χ4v) is 1.53. The average molecular weight is 466 g/mol. The van der Waals surface area contributed by atoms with E-state index in [1.807, 2.05) is 0 Å². The van der Waals surface area contributed by atoms with Crippen molar-refractivity contribution in [2.45, 2.75) is 6.42 Å². The summed E-state index contributed by atoms with van der Waals surface area (Å²) in [5, 5.41) is 12.8. The van der Waals surface area contributed by atoms with Gasteiger partial charge in [-0.3, -0.25) is 9.98 Å². The number of guanidine groups is 2. The SMILES string of the molecule is C(CNC1=NCCN1)CNC1=NCCN1.I.I. The Hall–Kier alpha value is 0. The van der Waals surface area contributed by atoms with Crippen molar-refractivity contribution in [2.24, 2.45) is 9.98 Å². The summed E-state index contributed by atoms with van der Waals surface area (Å²) in [5.74, 6) is 1.87. The Morgan fingerprint density at radius 1 is 0.882 bits per heavy atom. The van der Waals surface area contributed by atoms with Crippen molar-refractivity contribution in [2.75, 3.05) is 39.3 Å². The van der Waals surface area contributed by atoms with E-state index in [4.69, 9.17) is 0 Å². The van der Waals surface area contributed by atoms with E-state index in [2.05, 4.69) is 31.3 Å². The van der Waals surface area contributed by atoms with Crippen LogP contribution in [-0.4, -0.2) is 51.2 Å². The number of aliphatic imine (C=N–C) groups is 2. The van der Waals surface area contributed by atoms with E-state index in [1.54, 1.807) is 0 Å². The molecule has 0 radical (unpaired) electrons. The minimum atomic E-state index is 0. The van der Waals surface area contributed by atoms with Crippen LogP contribution < -0.4 is 21.3 Å². The molecular weight excluding hydrogens is 446 g/mol. The van der Waals surface area contributed by atoms with Gasteiger partial charge in [0.1, 0.15) is 0 Å². The van der Waals surface area contributed by atoms with Gasteiger partial charge in [0.15, 0.2) is 11.9 Å². The van der Waals surface area contributed by atoms with Gasteiger partial charge in [0.2, 0.25) is 0 Å². The summed E-state index contributed by atoms with van der Waals surface area (Å²) in [7, 11) is 0. The third-order valence-electron chi connectivity index (χ3n) is 2.29. The summed E-state index contributed by atoms with van der Waals surface area (Å²) < 4.78 is 0. The van der Waals surface area contributed by atoms with E-state index in [0.29, 0.717) is 0 Å². The third kappa shape index (κ3) is 6.48. The van der Waals surface area contributed by atoms with Crippen LogP contribution in [0.4, 0.5) is 0 Å². The molecule has 0 aliphatic carbocycles. The fourth-order valence-electron chi connectivity index (χ4n) is 1.53. The predicted molar refractivity (Wildman–Crippen MR) is 92.1 cm³/mol. The molecule has 6 nitrogen and oxygen atoms in total. The number of hydrogen-bond donors (Lipinski definition) is 4. The molecule has 0 fully saturated rings. The van der Waals surface area contributed by atoms with Crippen LogP contribution in [0.5, 0.6) is 0 Å². The van der Waals surface area contributed by atoms with Crippen LogP contribution in [-0.2, 0) is 0 Å². The number of nitrogens with zero attached hydrogens (tertiary/aromatic N) is 2. The van der Waals surface area contributed by atoms with Crippen LogP contribution in [0.1, 0.15) is 6.42 Å². The van der Waals surface area contributed by atoms with Crippen molar-refractivity contribution in [1.82, 2.24) is 21.3 Å². The van der Waals surface area contributed by atoms with Crippen molar-refractivity contribution in [3.8, 4) is 0 Å². The van der Waals surface area contributed by atoms with Gasteiger partial charge in [-0.25, -0.2) is 0 Å². The molecule has 0 saturated carbocycles. The highest BCUT2D eigenvalue weighted by Gasteiger charge is 2.04. The van der Waals surface area contributed by atoms with Crippen LogP contribution in [0.3, 0.4) is 0 Å². The molecule has 2 aliphatic heterocycles. The number of nitrogens with one attached hydrogen (secondary N) is 4. The largest absolute Gasteiger partial charge is 0.356 e. The molecule has 4 N–H and O–H groups in total. The molecule has 8 heteroatoms. The molecule has 0 aromatic heterocycles. The predicted octanol–water partition coefficient (Wildman–Crippen LogP) is -0.290.